The molecule has 38 valence electrons. The topological polar surface area (TPSA) is 34.7 Å². The summed E-state index contributed by atoms with van der Waals surface area (Å²) in [4.78, 5) is 0. The molecule has 0 radical (unpaired) electrons. The smallest absolute Gasteiger partial charge is 0.0151 e. The van der Waals surface area contributed by atoms with Crippen molar-refractivity contribution in [2.75, 3.05) is 13.1 Å². The molecule has 1 fully saturated rings. The molecule has 1 heterocycles. The number of hydrogen-bond donors (Lipinski definition) is 0. The zero-order valence-electron chi connectivity index (χ0n) is 3.45. The number of hydrogen-bond acceptors (Lipinski definition) is 1. The number of nitrogens with zero attached hydrogens (tertiary/aromatic N) is 1. The van der Waals surface area contributed by atoms with Gasteiger partial charge in [0.2, 0.25) is 0 Å². The maximum Gasteiger partial charge on any atom is 0.0151 e. The minimum atomic E-state index is 0. The Balaban J connectivity index is 0.000000250. The fraction of sp³-hybridized carbons (Fsp3) is 1.00. The van der Waals surface area contributed by atoms with Crippen LogP contribution in [-0.4, -0.2) is 23.0 Å². The third-order valence-electron chi connectivity index (χ3n) is 0.801. The monoisotopic (exact) mass is 109 g/mol. The minimum absolute atomic E-state index is 0. The molecule has 6 heavy (non-hydrogen) atoms. The third kappa shape index (κ3) is 1.12. The SMILES string of the molecule is ClN1CCC1.O. The molecule has 1 aliphatic rings. The van der Waals surface area contributed by atoms with E-state index < -0.39 is 0 Å². The van der Waals surface area contributed by atoms with Crippen molar-refractivity contribution in [3.8, 4) is 0 Å². The maximum absolute atomic E-state index is 5.38. The van der Waals surface area contributed by atoms with Crippen molar-refractivity contribution in [1.82, 2.24) is 4.42 Å². The zero-order valence-corrected chi connectivity index (χ0v) is 4.20. The standard InChI is InChI=1S/C3H6ClN.H2O/c4-5-2-1-3-5;/h1-3H2;1H2. The lowest BCUT2D eigenvalue weighted by molar-refractivity contribution is 0.330. The van der Waals surface area contributed by atoms with E-state index in [1.807, 2.05) is 0 Å². The molecule has 1 saturated heterocycles. The Morgan fingerprint density at radius 1 is 1.33 bits per heavy atom. The fourth-order valence-corrected chi connectivity index (χ4v) is 0.517. The van der Waals surface area contributed by atoms with Crippen LogP contribution in [0.3, 0.4) is 0 Å². The largest absolute Gasteiger partial charge is 0.412 e. The Bertz CT molecular complexity index is 37.8. The van der Waals surface area contributed by atoms with Gasteiger partial charge in [0.25, 0.3) is 0 Å². The van der Waals surface area contributed by atoms with Crippen molar-refractivity contribution in [2.45, 2.75) is 6.42 Å². The third-order valence-corrected chi connectivity index (χ3v) is 1.14. The molecular weight excluding hydrogens is 101 g/mol. The first-order valence-corrected chi connectivity index (χ1v) is 2.14. The Labute approximate surface area is 42.1 Å². The first-order chi connectivity index (χ1) is 2.39. The van der Waals surface area contributed by atoms with Gasteiger partial charge in [0.15, 0.2) is 0 Å². The van der Waals surface area contributed by atoms with Gasteiger partial charge in [-0.1, -0.05) is 0 Å². The molecule has 0 unspecified atom stereocenters. The van der Waals surface area contributed by atoms with Crippen molar-refractivity contribution in [1.29, 1.82) is 0 Å². The van der Waals surface area contributed by atoms with Gasteiger partial charge in [0, 0.05) is 13.1 Å². The highest BCUT2D eigenvalue weighted by atomic mass is 35.5. The second-order valence-corrected chi connectivity index (χ2v) is 1.74. The molecule has 0 aliphatic carbocycles. The average molecular weight is 110 g/mol. The van der Waals surface area contributed by atoms with Crippen molar-refractivity contribution in [2.24, 2.45) is 0 Å². The predicted molar refractivity (Wildman–Crippen MR) is 25.7 cm³/mol. The molecule has 2 nitrogen and oxygen atoms in total. The van der Waals surface area contributed by atoms with E-state index >= 15 is 0 Å². The number of rotatable bonds is 0. The molecule has 0 aromatic rings. The Morgan fingerprint density at radius 2 is 1.67 bits per heavy atom. The van der Waals surface area contributed by atoms with Gasteiger partial charge in [0.1, 0.15) is 0 Å². The molecule has 2 N–H and O–H groups in total. The average Bonchev–Trinajstić information content (AvgIpc) is 1.30. The quantitative estimate of drug-likeness (QED) is 0.404. The van der Waals surface area contributed by atoms with E-state index in [-0.39, 0.29) is 5.48 Å². The fourth-order valence-electron chi connectivity index (χ4n) is 0.278. The Kier molecular flexibility index (Phi) is 2.48. The van der Waals surface area contributed by atoms with Gasteiger partial charge >= 0.3 is 0 Å². The molecule has 0 spiro atoms. The Morgan fingerprint density at radius 3 is 1.67 bits per heavy atom. The van der Waals surface area contributed by atoms with Gasteiger partial charge in [-0.15, -0.1) is 0 Å². The van der Waals surface area contributed by atoms with Crippen molar-refractivity contribution < 1.29 is 5.48 Å². The molecule has 1 rings (SSSR count). The van der Waals surface area contributed by atoms with Crippen LogP contribution in [0.2, 0.25) is 0 Å². The summed E-state index contributed by atoms with van der Waals surface area (Å²) in [5, 5.41) is 0. The lowest BCUT2D eigenvalue weighted by Crippen LogP contribution is -2.27. The van der Waals surface area contributed by atoms with Gasteiger partial charge in [0.05, 0.1) is 0 Å². The lowest BCUT2D eigenvalue weighted by atomic mass is 10.3. The highest BCUT2D eigenvalue weighted by Gasteiger charge is 2.07. The summed E-state index contributed by atoms with van der Waals surface area (Å²) in [6.45, 7) is 2.17. The summed E-state index contributed by atoms with van der Waals surface area (Å²) in [5.74, 6) is 0. The van der Waals surface area contributed by atoms with Crippen LogP contribution in [-0.2, 0) is 0 Å². The minimum Gasteiger partial charge on any atom is -0.412 e. The van der Waals surface area contributed by atoms with Crippen LogP contribution in [0.25, 0.3) is 0 Å². The molecule has 1 aliphatic heterocycles. The molecule has 0 amide bonds. The van der Waals surface area contributed by atoms with E-state index in [9.17, 15) is 0 Å². The van der Waals surface area contributed by atoms with E-state index in [1.165, 1.54) is 6.42 Å². The zero-order chi connectivity index (χ0) is 3.70. The van der Waals surface area contributed by atoms with Crippen LogP contribution >= 0.6 is 11.8 Å². The van der Waals surface area contributed by atoms with Crippen LogP contribution in [0.5, 0.6) is 0 Å². The van der Waals surface area contributed by atoms with Gasteiger partial charge in [-0.25, -0.2) is 4.42 Å². The van der Waals surface area contributed by atoms with E-state index in [0.29, 0.717) is 0 Å². The number of halogens is 1. The van der Waals surface area contributed by atoms with E-state index in [2.05, 4.69) is 0 Å². The second-order valence-electron chi connectivity index (χ2n) is 1.26. The van der Waals surface area contributed by atoms with Crippen molar-refractivity contribution in [3.63, 3.8) is 0 Å². The first-order valence-electron chi connectivity index (χ1n) is 1.80. The summed E-state index contributed by atoms with van der Waals surface area (Å²) >= 11 is 5.38. The molecule has 0 bridgehead atoms. The van der Waals surface area contributed by atoms with Crippen LogP contribution in [0.4, 0.5) is 0 Å². The summed E-state index contributed by atoms with van der Waals surface area (Å²) in [7, 11) is 0. The summed E-state index contributed by atoms with van der Waals surface area (Å²) < 4.78 is 1.78. The van der Waals surface area contributed by atoms with Gasteiger partial charge < -0.3 is 5.48 Å². The van der Waals surface area contributed by atoms with Gasteiger partial charge in [-0.05, 0) is 18.2 Å². The second kappa shape index (κ2) is 2.39. The van der Waals surface area contributed by atoms with Crippen LogP contribution < -0.4 is 0 Å². The molecule has 0 aromatic carbocycles. The first kappa shape index (κ1) is 6.21. The lowest BCUT2D eigenvalue weighted by Gasteiger charge is -2.21. The van der Waals surface area contributed by atoms with Gasteiger partial charge in [-0.2, -0.15) is 0 Å². The molecule has 0 atom stereocenters. The van der Waals surface area contributed by atoms with Crippen LogP contribution in [0, 0.1) is 0 Å². The predicted octanol–water partition coefficient (Wildman–Crippen LogP) is 0.0212. The van der Waals surface area contributed by atoms with E-state index in [4.69, 9.17) is 11.8 Å². The van der Waals surface area contributed by atoms with Crippen molar-refractivity contribution >= 4 is 11.8 Å². The normalized spacial score (nSPS) is 21.5. The highest BCUT2D eigenvalue weighted by molar-refractivity contribution is 6.13. The van der Waals surface area contributed by atoms with E-state index in [1.54, 1.807) is 4.42 Å². The van der Waals surface area contributed by atoms with Gasteiger partial charge in [-0.3, -0.25) is 0 Å². The Hall–Kier alpha value is 0.210. The summed E-state index contributed by atoms with van der Waals surface area (Å²) in [6, 6.07) is 0. The van der Waals surface area contributed by atoms with Crippen molar-refractivity contribution in [3.05, 3.63) is 0 Å². The molecular formula is C3H8ClNO. The highest BCUT2D eigenvalue weighted by Crippen LogP contribution is 2.06. The van der Waals surface area contributed by atoms with E-state index in [0.717, 1.165) is 13.1 Å². The summed E-state index contributed by atoms with van der Waals surface area (Å²) in [6.07, 6.45) is 1.28. The summed E-state index contributed by atoms with van der Waals surface area (Å²) in [5.41, 5.74) is 0. The maximum atomic E-state index is 5.38. The van der Waals surface area contributed by atoms with Crippen LogP contribution in [0.1, 0.15) is 6.42 Å². The molecule has 0 saturated carbocycles. The molecule has 0 aromatic heterocycles. The molecule has 3 heteroatoms. The van der Waals surface area contributed by atoms with Crippen LogP contribution in [0.15, 0.2) is 0 Å².